The maximum Gasteiger partial charge on any atom is 0.132 e. The molecule has 1 aromatic heterocycles. The second-order valence-corrected chi connectivity index (χ2v) is 6.87. The summed E-state index contributed by atoms with van der Waals surface area (Å²) in [6, 6.07) is 1.99. The van der Waals surface area contributed by atoms with Gasteiger partial charge >= 0.3 is 0 Å². The lowest BCUT2D eigenvalue weighted by molar-refractivity contribution is 0.348. The minimum atomic E-state index is 0.863. The van der Waals surface area contributed by atoms with Crippen molar-refractivity contribution in [2.75, 3.05) is 11.9 Å². The number of aryl methyl sites for hydroxylation is 1. The van der Waals surface area contributed by atoms with Crippen LogP contribution in [0.3, 0.4) is 0 Å². The van der Waals surface area contributed by atoms with Crippen LogP contribution in [0.1, 0.15) is 44.9 Å². The zero-order valence-electron chi connectivity index (χ0n) is 11.5. The van der Waals surface area contributed by atoms with Crippen LogP contribution in [0, 0.1) is 17.8 Å². The first-order valence-electron chi connectivity index (χ1n) is 7.52. The highest BCUT2D eigenvalue weighted by molar-refractivity contribution is 9.10. The van der Waals surface area contributed by atoms with Crippen molar-refractivity contribution in [3.63, 3.8) is 0 Å². The first-order valence-corrected chi connectivity index (χ1v) is 8.31. The fourth-order valence-electron chi connectivity index (χ4n) is 3.75. The Morgan fingerprint density at radius 3 is 2.89 bits per heavy atom. The molecule has 0 spiro atoms. The maximum absolute atomic E-state index is 4.59. The van der Waals surface area contributed by atoms with E-state index in [1.165, 1.54) is 25.7 Å². The fraction of sp³-hybridized carbons (Fsp3) is 0.733. The van der Waals surface area contributed by atoms with Crippen LogP contribution in [0.2, 0.25) is 0 Å². The van der Waals surface area contributed by atoms with Gasteiger partial charge in [-0.2, -0.15) is 0 Å². The number of anilines is 1. The van der Waals surface area contributed by atoms with Crippen molar-refractivity contribution in [2.45, 2.75) is 45.4 Å². The molecule has 19 heavy (non-hydrogen) atoms. The summed E-state index contributed by atoms with van der Waals surface area (Å²) in [6.45, 7) is 3.24. The van der Waals surface area contributed by atoms with Gasteiger partial charge in [0.05, 0.1) is 0 Å². The summed E-state index contributed by atoms with van der Waals surface area (Å²) in [5.74, 6) is 4.77. The molecule has 2 fully saturated rings. The molecule has 104 valence electrons. The predicted octanol–water partition coefficient (Wildman–Crippen LogP) is 4.04. The van der Waals surface area contributed by atoms with Gasteiger partial charge in [-0.3, -0.25) is 0 Å². The summed E-state index contributed by atoms with van der Waals surface area (Å²) in [5.41, 5.74) is 0. The Balaban J connectivity index is 1.60. The predicted molar refractivity (Wildman–Crippen MR) is 81.2 cm³/mol. The van der Waals surface area contributed by atoms with Gasteiger partial charge in [0, 0.05) is 19.0 Å². The average Bonchev–Trinajstić information content (AvgIpc) is 2.98. The minimum absolute atomic E-state index is 0.863. The monoisotopic (exact) mass is 323 g/mol. The van der Waals surface area contributed by atoms with Gasteiger partial charge in [-0.15, -0.1) is 0 Å². The van der Waals surface area contributed by atoms with Gasteiger partial charge in [-0.1, -0.05) is 13.3 Å². The Bertz CT molecular complexity index is 449. The molecule has 3 rings (SSSR count). The summed E-state index contributed by atoms with van der Waals surface area (Å²) in [5, 5.41) is 3.53. The van der Waals surface area contributed by atoms with E-state index in [2.05, 4.69) is 38.1 Å². The zero-order valence-corrected chi connectivity index (χ0v) is 13.1. The summed E-state index contributed by atoms with van der Waals surface area (Å²) >= 11 is 3.48. The van der Waals surface area contributed by atoms with Crippen LogP contribution in [0.25, 0.3) is 0 Å². The number of hydrogen-bond acceptors (Lipinski definition) is 3. The van der Waals surface area contributed by atoms with E-state index in [1.54, 1.807) is 0 Å². The largest absolute Gasteiger partial charge is 0.370 e. The second-order valence-electron chi connectivity index (χ2n) is 6.06. The van der Waals surface area contributed by atoms with Crippen molar-refractivity contribution in [1.82, 2.24) is 9.97 Å². The van der Waals surface area contributed by atoms with Crippen molar-refractivity contribution in [3.8, 4) is 0 Å². The lowest BCUT2D eigenvalue weighted by Crippen LogP contribution is -2.20. The number of hydrogen-bond donors (Lipinski definition) is 1. The van der Waals surface area contributed by atoms with Gasteiger partial charge < -0.3 is 5.32 Å². The van der Waals surface area contributed by atoms with Crippen LogP contribution in [-0.2, 0) is 6.42 Å². The lowest BCUT2D eigenvalue weighted by atomic mass is 9.89. The normalized spacial score (nSPS) is 28.8. The number of halogens is 1. The molecule has 1 aromatic rings. The van der Waals surface area contributed by atoms with Gasteiger partial charge in [-0.25, -0.2) is 9.97 Å². The summed E-state index contributed by atoms with van der Waals surface area (Å²) in [6.07, 6.45) is 7.85. The van der Waals surface area contributed by atoms with Gasteiger partial charge in [-0.05, 0) is 59.4 Å². The number of fused-ring (bicyclic) bond motifs is 2. The Hall–Kier alpha value is -0.640. The minimum Gasteiger partial charge on any atom is -0.370 e. The van der Waals surface area contributed by atoms with E-state index in [9.17, 15) is 0 Å². The van der Waals surface area contributed by atoms with Crippen molar-refractivity contribution >= 4 is 21.7 Å². The molecule has 2 bridgehead atoms. The topological polar surface area (TPSA) is 37.8 Å². The second kappa shape index (κ2) is 5.78. The first kappa shape index (κ1) is 13.3. The molecular weight excluding hydrogens is 302 g/mol. The van der Waals surface area contributed by atoms with Crippen LogP contribution < -0.4 is 5.32 Å². The third-order valence-electron chi connectivity index (χ3n) is 4.64. The molecule has 0 aromatic carbocycles. The first-order chi connectivity index (χ1) is 9.24. The summed E-state index contributed by atoms with van der Waals surface area (Å²) in [4.78, 5) is 9.00. The van der Waals surface area contributed by atoms with Gasteiger partial charge in [0.25, 0.3) is 0 Å². The molecule has 0 aliphatic heterocycles. The van der Waals surface area contributed by atoms with Gasteiger partial charge in [0.15, 0.2) is 0 Å². The van der Waals surface area contributed by atoms with E-state index in [-0.39, 0.29) is 0 Å². The van der Waals surface area contributed by atoms with E-state index < -0.39 is 0 Å². The maximum atomic E-state index is 4.59. The van der Waals surface area contributed by atoms with Gasteiger partial charge in [0.1, 0.15) is 16.2 Å². The molecule has 3 unspecified atom stereocenters. The van der Waals surface area contributed by atoms with E-state index in [4.69, 9.17) is 0 Å². The van der Waals surface area contributed by atoms with E-state index >= 15 is 0 Å². The highest BCUT2D eigenvalue weighted by atomic mass is 79.9. The number of nitrogens with zero attached hydrogens (tertiary/aromatic N) is 2. The standard InChI is InChI=1S/C15H22BrN3/c1-2-3-14-18-13(16)8-15(19-14)17-9-12-7-10-4-5-11(12)6-10/h8,10-12H,2-7,9H2,1H3,(H,17,18,19). The molecule has 2 aliphatic rings. The Morgan fingerprint density at radius 1 is 1.32 bits per heavy atom. The van der Waals surface area contributed by atoms with Crippen LogP contribution in [-0.4, -0.2) is 16.5 Å². The van der Waals surface area contributed by atoms with Crippen molar-refractivity contribution < 1.29 is 0 Å². The molecule has 0 saturated heterocycles. The molecular formula is C15H22BrN3. The quantitative estimate of drug-likeness (QED) is 0.831. The Labute approximate surface area is 123 Å². The summed E-state index contributed by atoms with van der Waals surface area (Å²) < 4.78 is 0.890. The van der Waals surface area contributed by atoms with Crippen molar-refractivity contribution in [2.24, 2.45) is 17.8 Å². The highest BCUT2D eigenvalue weighted by Crippen LogP contribution is 2.48. The molecule has 0 radical (unpaired) electrons. The molecule has 3 atom stereocenters. The molecule has 4 heteroatoms. The van der Waals surface area contributed by atoms with E-state index in [1.807, 2.05) is 6.07 Å². The Kier molecular flexibility index (Phi) is 4.06. The summed E-state index contributed by atoms with van der Waals surface area (Å²) in [7, 11) is 0. The average molecular weight is 324 g/mol. The molecule has 2 saturated carbocycles. The highest BCUT2D eigenvalue weighted by Gasteiger charge is 2.39. The van der Waals surface area contributed by atoms with E-state index in [0.717, 1.165) is 53.4 Å². The number of nitrogens with one attached hydrogen (secondary N) is 1. The van der Waals surface area contributed by atoms with Crippen molar-refractivity contribution in [3.05, 3.63) is 16.5 Å². The third-order valence-corrected chi connectivity index (χ3v) is 5.05. The van der Waals surface area contributed by atoms with Crippen LogP contribution in [0.15, 0.2) is 10.7 Å². The van der Waals surface area contributed by atoms with Crippen LogP contribution in [0.4, 0.5) is 5.82 Å². The SMILES string of the molecule is CCCc1nc(Br)cc(NCC2CC3CCC2C3)n1. The van der Waals surface area contributed by atoms with Crippen LogP contribution >= 0.6 is 15.9 Å². The number of aromatic nitrogens is 2. The molecule has 1 N–H and O–H groups in total. The van der Waals surface area contributed by atoms with E-state index in [0.29, 0.717) is 0 Å². The number of rotatable bonds is 5. The lowest BCUT2D eigenvalue weighted by Gasteiger charge is -2.22. The van der Waals surface area contributed by atoms with Crippen LogP contribution in [0.5, 0.6) is 0 Å². The van der Waals surface area contributed by atoms with Crippen molar-refractivity contribution in [1.29, 1.82) is 0 Å². The zero-order chi connectivity index (χ0) is 13.2. The smallest absolute Gasteiger partial charge is 0.132 e. The third kappa shape index (κ3) is 3.10. The molecule has 2 aliphatic carbocycles. The Morgan fingerprint density at radius 2 is 2.21 bits per heavy atom. The molecule has 1 heterocycles. The molecule has 0 amide bonds. The van der Waals surface area contributed by atoms with Gasteiger partial charge in [0.2, 0.25) is 0 Å². The molecule has 3 nitrogen and oxygen atoms in total. The fourth-order valence-corrected chi connectivity index (χ4v) is 4.17.